The van der Waals surface area contributed by atoms with E-state index in [2.05, 4.69) is 5.32 Å². The molecule has 1 saturated carbocycles. The first-order chi connectivity index (χ1) is 17.9. The molecule has 4 atom stereocenters. The van der Waals surface area contributed by atoms with Crippen molar-refractivity contribution in [2.24, 2.45) is 17.8 Å². The minimum absolute atomic E-state index is 0.0208. The Morgan fingerprint density at radius 1 is 1.15 bits per heavy atom. The summed E-state index contributed by atoms with van der Waals surface area (Å²) in [4.78, 5) is 27.4. The Balaban J connectivity index is 1.75. The van der Waals surface area contributed by atoms with Crippen LogP contribution < -0.4 is 5.32 Å². The summed E-state index contributed by atoms with van der Waals surface area (Å²) in [7, 11) is -4.14. The van der Waals surface area contributed by atoms with Gasteiger partial charge in [0.2, 0.25) is 15.9 Å². The van der Waals surface area contributed by atoms with Gasteiger partial charge in [0.15, 0.2) is 0 Å². The number of carbonyl (C=O) groups excluding carboxylic acids is 2. The Morgan fingerprint density at radius 2 is 1.82 bits per heavy atom. The van der Waals surface area contributed by atoms with E-state index in [1.807, 2.05) is 13.8 Å². The van der Waals surface area contributed by atoms with Crippen molar-refractivity contribution in [3.8, 4) is 0 Å². The van der Waals surface area contributed by atoms with Gasteiger partial charge >= 0.3 is 12.3 Å². The highest BCUT2D eigenvalue weighted by atomic mass is 32.2. The quantitative estimate of drug-likeness (QED) is 0.476. The molecule has 0 radical (unpaired) electrons. The van der Waals surface area contributed by atoms with E-state index in [4.69, 9.17) is 4.74 Å². The number of rotatable bonds is 8. The molecule has 220 valence electrons. The van der Waals surface area contributed by atoms with Gasteiger partial charge in [-0.05, 0) is 82.9 Å². The molecule has 2 fully saturated rings. The predicted molar refractivity (Wildman–Crippen MR) is 140 cm³/mol. The Morgan fingerprint density at radius 3 is 2.38 bits per heavy atom. The van der Waals surface area contributed by atoms with E-state index in [1.54, 1.807) is 27.7 Å². The van der Waals surface area contributed by atoms with Crippen molar-refractivity contribution in [3.05, 3.63) is 29.8 Å². The number of fused-ring (bicyclic) bond motifs is 1. The molecule has 0 aromatic heterocycles. The zero-order valence-electron chi connectivity index (χ0n) is 23.4. The number of sulfonamides is 1. The number of nitrogens with one attached hydrogen (secondary N) is 1. The number of halogens is 3. The molecule has 2 amide bonds. The Hall–Kier alpha value is -2.34. The molecule has 12 heteroatoms. The van der Waals surface area contributed by atoms with Crippen LogP contribution in [-0.4, -0.2) is 66.9 Å². The van der Waals surface area contributed by atoms with Crippen molar-refractivity contribution >= 4 is 22.0 Å². The van der Waals surface area contributed by atoms with Gasteiger partial charge in [0.25, 0.3) is 0 Å². The van der Waals surface area contributed by atoms with E-state index in [1.165, 1.54) is 15.3 Å². The highest BCUT2D eigenvalue weighted by Crippen LogP contribution is 2.41. The molecule has 0 bridgehead atoms. The van der Waals surface area contributed by atoms with Crippen LogP contribution >= 0.6 is 0 Å². The lowest BCUT2D eigenvalue weighted by Gasteiger charge is -2.34. The standard InChI is InChI=1S/C27H40F3N3O5S/c1-7-33(25(35)38-26(4,5)6)23(13-17(2)3)24(34)31-22-12-11-18-15-32(16-21(18)22)39(36,37)20-10-8-9-19(14-20)27(28,29)30/h8-10,14,17-18,21-23H,7,11-13,15-16H2,1-6H3,(H,31,34)/t18-,21-,22+,23?/m1/s1. The summed E-state index contributed by atoms with van der Waals surface area (Å²) in [6.45, 7) is 11.5. The number of amides is 2. The average molecular weight is 576 g/mol. The number of alkyl halides is 3. The molecule has 1 aliphatic heterocycles. The number of hydrogen-bond acceptors (Lipinski definition) is 5. The van der Waals surface area contributed by atoms with Crippen molar-refractivity contribution in [3.63, 3.8) is 0 Å². The fourth-order valence-electron chi connectivity index (χ4n) is 5.48. The molecule has 2 aliphatic rings. The van der Waals surface area contributed by atoms with Crippen LogP contribution in [0.1, 0.15) is 66.4 Å². The second-order valence-electron chi connectivity index (χ2n) is 11.9. The molecule has 1 aromatic rings. The van der Waals surface area contributed by atoms with Gasteiger partial charge in [-0.1, -0.05) is 19.9 Å². The van der Waals surface area contributed by atoms with Gasteiger partial charge in [0.05, 0.1) is 10.5 Å². The van der Waals surface area contributed by atoms with E-state index in [9.17, 15) is 31.2 Å². The zero-order chi connectivity index (χ0) is 29.3. The number of nitrogens with zero attached hydrogens (tertiary/aromatic N) is 2. The Bertz CT molecular complexity index is 1150. The lowest BCUT2D eigenvalue weighted by Crippen LogP contribution is -2.54. The maximum Gasteiger partial charge on any atom is 0.416 e. The van der Waals surface area contributed by atoms with Gasteiger partial charge in [-0.2, -0.15) is 17.5 Å². The predicted octanol–water partition coefficient (Wildman–Crippen LogP) is 4.89. The highest BCUT2D eigenvalue weighted by Gasteiger charge is 2.48. The molecule has 3 rings (SSSR count). The lowest BCUT2D eigenvalue weighted by molar-refractivity contribution is -0.137. The molecule has 1 aliphatic carbocycles. The number of likely N-dealkylation sites (N-methyl/N-ethyl adjacent to an activating group) is 1. The normalized spacial score (nSPS) is 23.0. The smallest absolute Gasteiger partial charge is 0.416 e. The van der Waals surface area contributed by atoms with Crippen LogP contribution in [0.2, 0.25) is 0 Å². The molecular formula is C27H40F3N3O5S. The minimum Gasteiger partial charge on any atom is -0.444 e. The monoisotopic (exact) mass is 575 g/mol. The summed E-state index contributed by atoms with van der Waals surface area (Å²) in [5.41, 5.74) is -1.74. The largest absolute Gasteiger partial charge is 0.444 e. The van der Waals surface area contributed by atoms with Gasteiger partial charge in [-0.15, -0.1) is 0 Å². The van der Waals surface area contributed by atoms with Crippen molar-refractivity contribution in [1.29, 1.82) is 0 Å². The first-order valence-corrected chi connectivity index (χ1v) is 14.9. The van der Waals surface area contributed by atoms with Crippen LogP contribution in [0, 0.1) is 17.8 Å². The van der Waals surface area contributed by atoms with Gasteiger partial charge in [-0.3, -0.25) is 9.69 Å². The Kier molecular flexibility index (Phi) is 9.31. The number of hydrogen-bond donors (Lipinski definition) is 1. The van der Waals surface area contributed by atoms with E-state index >= 15 is 0 Å². The molecule has 1 N–H and O–H groups in total. The van der Waals surface area contributed by atoms with E-state index in [0.717, 1.165) is 12.1 Å². The second kappa shape index (κ2) is 11.6. The molecule has 39 heavy (non-hydrogen) atoms. The zero-order valence-corrected chi connectivity index (χ0v) is 24.2. The summed E-state index contributed by atoms with van der Waals surface area (Å²) in [5.74, 6) is -0.396. The first-order valence-electron chi connectivity index (χ1n) is 13.4. The second-order valence-corrected chi connectivity index (χ2v) is 13.8. The fourth-order valence-corrected chi connectivity index (χ4v) is 7.06. The molecule has 1 heterocycles. The highest BCUT2D eigenvalue weighted by molar-refractivity contribution is 7.89. The van der Waals surface area contributed by atoms with Crippen molar-refractivity contribution in [2.45, 2.75) is 89.6 Å². The van der Waals surface area contributed by atoms with Crippen molar-refractivity contribution < 1.29 is 35.9 Å². The third-order valence-electron chi connectivity index (χ3n) is 7.29. The van der Waals surface area contributed by atoms with Gasteiger partial charge in [0, 0.05) is 25.7 Å². The summed E-state index contributed by atoms with van der Waals surface area (Å²) in [6, 6.07) is 2.70. The molecule has 1 saturated heterocycles. The van der Waals surface area contributed by atoms with Gasteiger partial charge < -0.3 is 10.1 Å². The van der Waals surface area contributed by atoms with Crippen LogP contribution in [-0.2, 0) is 25.7 Å². The summed E-state index contributed by atoms with van der Waals surface area (Å²) < 4.78 is 72.7. The summed E-state index contributed by atoms with van der Waals surface area (Å²) in [6.07, 6.45) is -3.46. The molecular weight excluding hydrogens is 535 g/mol. The molecule has 1 aromatic carbocycles. The van der Waals surface area contributed by atoms with Crippen LogP contribution in [0.25, 0.3) is 0 Å². The average Bonchev–Trinajstić information content (AvgIpc) is 3.39. The van der Waals surface area contributed by atoms with Crippen LogP contribution in [0.3, 0.4) is 0 Å². The lowest BCUT2D eigenvalue weighted by atomic mass is 9.96. The topological polar surface area (TPSA) is 96.0 Å². The maximum atomic E-state index is 13.5. The number of ether oxygens (including phenoxy) is 1. The van der Waals surface area contributed by atoms with Gasteiger partial charge in [0.1, 0.15) is 11.6 Å². The van der Waals surface area contributed by atoms with E-state index in [0.29, 0.717) is 25.3 Å². The third-order valence-corrected chi connectivity index (χ3v) is 9.12. The summed E-state index contributed by atoms with van der Waals surface area (Å²) >= 11 is 0. The van der Waals surface area contributed by atoms with Crippen molar-refractivity contribution in [1.82, 2.24) is 14.5 Å². The molecule has 0 spiro atoms. The molecule has 8 nitrogen and oxygen atoms in total. The van der Waals surface area contributed by atoms with Gasteiger partial charge in [-0.25, -0.2) is 13.2 Å². The van der Waals surface area contributed by atoms with Crippen LogP contribution in [0.15, 0.2) is 29.2 Å². The summed E-state index contributed by atoms with van der Waals surface area (Å²) in [5, 5.41) is 3.07. The van der Waals surface area contributed by atoms with Crippen LogP contribution in [0.4, 0.5) is 18.0 Å². The van der Waals surface area contributed by atoms with Crippen LogP contribution in [0.5, 0.6) is 0 Å². The SMILES string of the molecule is CCN(C(=O)OC(C)(C)C)C(CC(C)C)C(=O)N[C@H]1CC[C@@H]2CN(S(=O)(=O)c3cccc(C(F)(F)F)c3)C[C@H]21. The molecule has 1 unspecified atom stereocenters. The first kappa shape index (κ1) is 31.2. The van der Waals surface area contributed by atoms with E-state index < -0.39 is 44.4 Å². The van der Waals surface area contributed by atoms with Crippen molar-refractivity contribution in [2.75, 3.05) is 19.6 Å². The maximum absolute atomic E-state index is 13.5. The van der Waals surface area contributed by atoms with E-state index in [-0.39, 0.29) is 49.3 Å². The Labute approximate surface area is 229 Å². The minimum atomic E-state index is -4.65. The number of carbonyl (C=O) groups is 2. The fraction of sp³-hybridized carbons (Fsp3) is 0.704. The number of benzene rings is 1. The third kappa shape index (κ3) is 7.45.